The van der Waals surface area contributed by atoms with Gasteiger partial charge >= 0.3 is 12.0 Å². The quantitative estimate of drug-likeness (QED) is 0.840. The van der Waals surface area contributed by atoms with Crippen LogP contribution in [0.25, 0.3) is 0 Å². The topological polar surface area (TPSA) is 60.9 Å². The fourth-order valence-corrected chi connectivity index (χ4v) is 2.27. The maximum absolute atomic E-state index is 12.3. The van der Waals surface area contributed by atoms with E-state index in [1.54, 1.807) is 11.9 Å². The molecule has 0 radical (unpaired) electrons. The molecule has 1 heterocycles. The van der Waals surface area contributed by atoms with Crippen LogP contribution in [-0.4, -0.2) is 52.6 Å². The van der Waals surface area contributed by atoms with Crippen LogP contribution in [0.3, 0.4) is 0 Å². The summed E-state index contributed by atoms with van der Waals surface area (Å²) in [5, 5.41) is 9.24. The van der Waals surface area contributed by atoms with Crippen molar-refractivity contribution in [1.29, 1.82) is 0 Å². The molecule has 3 unspecified atom stereocenters. The number of nitrogens with zero attached hydrogens (tertiary/aromatic N) is 2. The Morgan fingerprint density at radius 3 is 2.61 bits per heavy atom. The van der Waals surface area contributed by atoms with Gasteiger partial charge in [0.15, 0.2) is 0 Å². The molecule has 1 fully saturated rings. The van der Waals surface area contributed by atoms with Crippen LogP contribution in [0.15, 0.2) is 0 Å². The zero-order chi connectivity index (χ0) is 13.9. The summed E-state index contributed by atoms with van der Waals surface area (Å²) in [6.07, 6.45) is 2.30. The van der Waals surface area contributed by atoms with Crippen molar-refractivity contribution in [2.45, 2.75) is 52.1 Å². The van der Waals surface area contributed by atoms with Gasteiger partial charge in [0.2, 0.25) is 0 Å². The van der Waals surface area contributed by atoms with Crippen LogP contribution < -0.4 is 0 Å². The van der Waals surface area contributed by atoms with Crippen LogP contribution in [0.2, 0.25) is 0 Å². The molecular formula is C13H24N2O3. The normalized spacial score (nSPS) is 25.7. The molecule has 18 heavy (non-hydrogen) atoms. The minimum atomic E-state index is -0.896. The zero-order valence-electron chi connectivity index (χ0n) is 11.7. The Bertz CT molecular complexity index is 319. The van der Waals surface area contributed by atoms with E-state index in [0.29, 0.717) is 18.9 Å². The first-order valence-electron chi connectivity index (χ1n) is 6.64. The third kappa shape index (κ3) is 3.15. The summed E-state index contributed by atoms with van der Waals surface area (Å²) in [5.41, 5.74) is 0. The molecule has 0 aromatic rings. The molecule has 1 N–H and O–H groups in total. The first kappa shape index (κ1) is 14.8. The Morgan fingerprint density at radius 1 is 1.50 bits per heavy atom. The standard InChI is InChI=1S/C13H24N2O3/c1-5-10(3)14(4)13(18)15-7-6-9(2)8-11(15)12(16)17/h9-11H,5-8H2,1-4H3,(H,16,17). The summed E-state index contributed by atoms with van der Waals surface area (Å²) in [6, 6.07) is -0.706. The Kier molecular flexibility index (Phi) is 4.99. The Labute approximate surface area is 109 Å². The van der Waals surface area contributed by atoms with E-state index in [2.05, 4.69) is 0 Å². The Balaban J connectivity index is 2.79. The Hall–Kier alpha value is -1.26. The van der Waals surface area contributed by atoms with Gasteiger partial charge in [-0.25, -0.2) is 9.59 Å². The highest BCUT2D eigenvalue weighted by Crippen LogP contribution is 2.24. The summed E-state index contributed by atoms with van der Waals surface area (Å²) in [5.74, 6) is -0.531. The fourth-order valence-electron chi connectivity index (χ4n) is 2.27. The van der Waals surface area contributed by atoms with Gasteiger partial charge in [-0.05, 0) is 32.1 Å². The molecule has 1 aliphatic rings. The van der Waals surface area contributed by atoms with Gasteiger partial charge in [-0.1, -0.05) is 13.8 Å². The van der Waals surface area contributed by atoms with E-state index in [4.69, 9.17) is 0 Å². The van der Waals surface area contributed by atoms with E-state index >= 15 is 0 Å². The van der Waals surface area contributed by atoms with Crippen LogP contribution in [0, 0.1) is 5.92 Å². The average molecular weight is 256 g/mol. The predicted molar refractivity (Wildman–Crippen MR) is 69.4 cm³/mol. The second kappa shape index (κ2) is 6.07. The van der Waals surface area contributed by atoms with Crippen LogP contribution in [0.5, 0.6) is 0 Å². The van der Waals surface area contributed by atoms with Crippen LogP contribution >= 0.6 is 0 Å². The van der Waals surface area contributed by atoms with Gasteiger partial charge < -0.3 is 14.9 Å². The molecule has 2 amide bonds. The van der Waals surface area contributed by atoms with Gasteiger partial charge in [0.25, 0.3) is 0 Å². The molecule has 0 aliphatic carbocycles. The van der Waals surface area contributed by atoms with Gasteiger partial charge in [0.1, 0.15) is 6.04 Å². The molecule has 1 aliphatic heterocycles. The first-order valence-corrected chi connectivity index (χ1v) is 6.64. The first-order chi connectivity index (χ1) is 8.38. The number of amides is 2. The van der Waals surface area contributed by atoms with E-state index in [1.165, 1.54) is 4.90 Å². The molecule has 1 rings (SSSR count). The van der Waals surface area contributed by atoms with Crippen LogP contribution in [-0.2, 0) is 4.79 Å². The largest absolute Gasteiger partial charge is 0.480 e. The molecular weight excluding hydrogens is 232 g/mol. The minimum Gasteiger partial charge on any atom is -0.480 e. The monoisotopic (exact) mass is 256 g/mol. The van der Waals surface area contributed by atoms with Crippen molar-refractivity contribution in [2.24, 2.45) is 5.92 Å². The third-order valence-electron chi connectivity index (χ3n) is 3.95. The van der Waals surface area contributed by atoms with Gasteiger partial charge in [0.05, 0.1) is 0 Å². The number of rotatable bonds is 3. The van der Waals surface area contributed by atoms with E-state index in [0.717, 1.165) is 12.8 Å². The number of carboxylic acid groups (broad SMARTS) is 1. The van der Waals surface area contributed by atoms with Gasteiger partial charge in [-0.3, -0.25) is 0 Å². The lowest BCUT2D eigenvalue weighted by atomic mass is 9.92. The van der Waals surface area contributed by atoms with Crippen molar-refractivity contribution < 1.29 is 14.7 Å². The number of urea groups is 1. The highest BCUT2D eigenvalue weighted by molar-refractivity contribution is 5.83. The number of hydrogen-bond acceptors (Lipinski definition) is 2. The number of carbonyl (C=O) groups excluding carboxylic acids is 1. The van der Waals surface area contributed by atoms with Crippen molar-refractivity contribution in [1.82, 2.24) is 9.80 Å². The second-order valence-corrected chi connectivity index (χ2v) is 5.33. The summed E-state index contributed by atoms with van der Waals surface area (Å²) in [6.45, 7) is 6.57. The minimum absolute atomic E-state index is 0.131. The number of hydrogen-bond donors (Lipinski definition) is 1. The van der Waals surface area contributed by atoms with E-state index in [-0.39, 0.29) is 12.1 Å². The maximum Gasteiger partial charge on any atom is 0.326 e. The highest BCUT2D eigenvalue weighted by atomic mass is 16.4. The van der Waals surface area contributed by atoms with Crippen molar-refractivity contribution in [3.05, 3.63) is 0 Å². The summed E-state index contributed by atoms with van der Waals surface area (Å²) >= 11 is 0. The fraction of sp³-hybridized carbons (Fsp3) is 0.846. The summed E-state index contributed by atoms with van der Waals surface area (Å²) in [4.78, 5) is 26.7. The van der Waals surface area contributed by atoms with Crippen molar-refractivity contribution in [2.75, 3.05) is 13.6 Å². The molecule has 0 aromatic carbocycles. The smallest absolute Gasteiger partial charge is 0.326 e. The van der Waals surface area contributed by atoms with Crippen molar-refractivity contribution in [3.8, 4) is 0 Å². The predicted octanol–water partition coefficient (Wildman–Crippen LogP) is 2.02. The number of carboxylic acids is 1. The number of piperidine rings is 1. The molecule has 5 heteroatoms. The van der Waals surface area contributed by atoms with Gasteiger partial charge in [-0.2, -0.15) is 0 Å². The number of likely N-dealkylation sites (tertiary alicyclic amines) is 1. The summed E-state index contributed by atoms with van der Waals surface area (Å²) < 4.78 is 0. The second-order valence-electron chi connectivity index (χ2n) is 5.33. The summed E-state index contributed by atoms with van der Waals surface area (Å²) in [7, 11) is 1.74. The van der Waals surface area contributed by atoms with Gasteiger partial charge in [-0.15, -0.1) is 0 Å². The highest BCUT2D eigenvalue weighted by Gasteiger charge is 2.36. The molecule has 3 atom stereocenters. The van der Waals surface area contributed by atoms with E-state index in [9.17, 15) is 14.7 Å². The number of carbonyl (C=O) groups is 2. The van der Waals surface area contributed by atoms with Crippen molar-refractivity contribution >= 4 is 12.0 Å². The van der Waals surface area contributed by atoms with Gasteiger partial charge in [0, 0.05) is 19.6 Å². The average Bonchev–Trinajstić information content (AvgIpc) is 2.35. The third-order valence-corrected chi connectivity index (χ3v) is 3.95. The molecule has 0 bridgehead atoms. The van der Waals surface area contributed by atoms with Crippen LogP contribution in [0.4, 0.5) is 4.79 Å². The number of aliphatic carboxylic acids is 1. The molecule has 5 nitrogen and oxygen atoms in total. The molecule has 104 valence electrons. The molecule has 0 saturated carbocycles. The van der Waals surface area contributed by atoms with Crippen LogP contribution in [0.1, 0.15) is 40.0 Å². The Morgan fingerprint density at radius 2 is 2.11 bits per heavy atom. The van der Waals surface area contributed by atoms with E-state index in [1.807, 2.05) is 20.8 Å². The lowest BCUT2D eigenvalue weighted by Gasteiger charge is -2.39. The lowest BCUT2D eigenvalue weighted by Crippen LogP contribution is -2.55. The SMILES string of the molecule is CCC(C)N(C)C(=O)N1CCC(C)CC1C(=O)O. The maximum atomic E-state index is 12.3. The molecule has 1 saturated heterocycles. The molecule has 0 aromatic heterocycles. The van der Waals surface area contributed by atoms with E-state index < -0.39 is 12.0 Å². The van der Waals surface area contributed by atoms with Crippen molar-refractivity contribution in [3.63, 3.8) is 0 Å². The lowest BCUT2D eigenvalue weighted by molar-refractivity contribution is -0.144. The zero-order valence-corrected chi connectivity index (χ0v) is 11.7. The molecule has 0 spiro atoms.